The van der Waals surface area contributed by atoms with Gasteiger partial charge in [-0.05, 0) is 43.2 Å². The van der Waals surface area contributed by atoms with E-state index in [9.17, 15) is 22.8 Å². The van der Waals surface area contributed by atoms with Gasteiger partial charge in [-0.15, -0.1) is 11.3 Å². The highest BCUT2D eigenvalue weighted by Gasteiger charge is 2.29. The van der Waals surface area contributed by atoms with E-state index in [4.69, 9.17) is 9.47 Å². The molecule has 0 aliphatic rings. The van der Waals surface area contributed by atoms with Gasteiger partial charge in [-0.2, -0.15) is 13.2 Å². The lowest BCUT2D eigenvalue weighted by Crippen LogP contribution is -2.41. The monoisotopic (exact) mass is 416 g/mol. The van der Waals surface area contributed by atoms with Crippen molar-refractivity contribution in [2.24, 2.45) is 0 Å². The van der Waals surface area contributed by atoms with Gasteiger partial charge < -0.3 is 9.47 Å². The number of aryl methyl sites for hydroxylation is 2. The van der Waals surface area contributed by atoms with Crippen LogP contribution in [0.4, 0.5) is 13.2 Å². The summed E-state index contributed by atoms with van der Waals surface area (Å²) >= 11 is 1.31. The first-order valence-electron chi connectivity index (χ1n) is 8.20. The van der Waals surface area contributed by atoms with Gasteiger partial charge in [0.25, 0.3) is 5.91 Å². The number of ether oxygens (including phenoxy) is 2. The van der Waals surface area contributed by atoms with Gasteiger partial charge in [0.1, 0.15) is 0 Å². The number of halogens is 3. The molecular formula is C18H19F3N2O4S. The highest BCUT2D eigenvalue weighted by molar-refractivity contribution is 7.13. The van der Waals surface area contributed by atoms with E-state index in [1.54, 1.807) is 18.2 Å². The van der Waals surface area contributed by atoms with Crippen LogP contribution in [0.5, 0.6) is 11.5 Å². The molecule has 0 atom stereocenters. The summed E-state index contributed by atoms with van der Waals surface area (Å²) in [6.45, 7) is 0.447. The maximum absolute atomic E-state index is 12.3. The van der Waals surface area contributed by atoms with E-state index >= 15 is 0 Å². The molecule has 0 radical (unpaired) electrons. The molecule has 2 rings (SSSR count). The fourth-order valence-corrected chi connectivity index (χ4v) is 2.97. The first-order chi connectivity index (χ1) is 13.2. The second-order valence-electron chi connectivity index (χ2n) is 5.80. The first-order valence-corrected chi connectivity index (χ1v) is 9.01. The number of thiophene rings is 1. The van der Waals surface area contributed by atoms with E-state index in [1.807, 2.05) is 6.92 Å². The largest absolute Gasteiger partial charge is 0.493 e. The van der Waals surface area contributed by atoms with Crippen molar-refractivity contribution in [2.75, 3.05) is 13.7 Å². The summed E-state index contributed by atoms with van der Waals surface area (Å²) in [7, 11) is 1.31. The lowest BCUT2D eigenvalue weighted by molar-refractivity contribution is -0.153. The van der Waals surface area contributed by atoms with Crippen molar-refractivity contribution in [3.63, 3.8) is 0 Å². The normalized spacial score (nSPS) is 11.0. The summed E-state index contributed by atoms with van der Waals surface area (Å²) in [4.78, 5) is 25.2. The summed E-state index contributed by atoms with van der Waals surface area (Å²) in [5.41, 5.74) is 5.33. The van der Waals surface area contributed by atoms with Crippen molar-refractivity contribution in [1.29, 1.82) is 0 Å². The van der Waals surface area contributed by atoms with E-state index in [0.717, 1.165) is 4.88 Å². The number of rotatable bonds is 7. The lowest BCUT2D eigenvalue weighted by atomic mass is 10.1. The summed E-state index contributed by atoms with van der Waals surface area (Å²) < 4.78 is 46.5. The van der Waals surface area contributed by atoms with Crippen LogP contribution >= 0.6 is 11.3 Å². The quantitative estimate of drug-likeness (QED) is 0.679. The lowest BCUT2D eigenvalue weighted by Gasteiger charge is -2.13. The van der Waals surface area contributed by atoms with Crippen LogP contribution in [0.25, 0.3) is 0 Å². The molecule has 10 heteroatoms. The van der Waals surface area contributed by atoms with Crippen LogP contribution < -0.4 is 20.3 Å². The number of hydrazine groups is 1. The van der Waals surface area contributed by atoms with Crippen molar-refractivity contribution in [1.82, 2.24) is 10.9 Å². The average molecular weight is 416 g/mol. The van der Waals surface area contributed by atoms with Gasteiger partial charge in [0.05, 0.1) is 12.0 Å². The predicted molar refractivity (Wildman–Crippen MR) is 97.5 cm³/mol. The minimum Gasteiger partial charge on any atom is -0.493 e. The molecule has 1 aromatic carbocycles. The van der Waals surface area contributed by atoms with Crippen molar-refractivity contribution < 1.29 is 32.2 Å². The third-order valence-electron chi connectivity index (χ3n) is 3.54. The molecule has 0 aliphatic heterocycles. The third-order valence-corrected chi connectivity index (χ3v) is 4.54. The molecule has 28 heavy (non-hydrogen) atoms. The van der Waals surface area contributed by atoms with E-state index in [-0.39, 0.29) is 17.9 Å². The van der Waals surface area contributed by atoms with Crippen LogP contribution in [0.15, 0.2) is 30.3 Å². The standard InChI is InChI=1S/C18H19F3N2O4S/c1-11-3-7-15(28-11)17(25)23-22-16(24)8-5-12-4-6-13(14(9-12)26-2)27-10-18(19,20)21/h3-4,6-7,9H,5,8,10H2,1-2H3,(H,22,24)(H,23,25). The van der Waals surface area contributed by atoms with Crippen molar-refractivity contribution in [3.05, 3.63) is 45.6 Å². The molecule has 0 saturated heterocycles. The van der Waals surface area contributed by atoms with Gasteiger partial charge in [0, 0.05) is 11.3 Å². The Kier molecular flexibility index (Phi) is 7.27. The molecule has 2 amide bonds. The summed E-state index contributed by atoms with van der Waals surface area (Å²) in [6.07, 6.45) is -4.08. The molecule has 0 fully saturated rings. The molecule has 6 nitrogen and oxygen atoms in total. The molecule has 0 aliphatic carbocycles. The van der Waals surface area contributed by atoms with Crippen molar-refractivity contribution in [3.8, 4) is 11.5 Å². The van der Waals surface area contributed by atoms with Crippen LogP contribution in [0.3, 0.4) is 0 Å². The fraction of sp³-hybridized carbons (Fsp3) is 0.333. The summed E-state index contributed by atoms with van der Waals surface area (Å²) in [5.74, 6) is -0.702. The van der Waals surface area contributed by atoms with Gasteiger partial charge >= 0.3 is 6.18 Å². The van der Waals surface area contributed by atoms with Crippen LogP contribution in [-0.2, 0) is 11.2 Å². The maximum Gasteiger partial charge on any atom is 0.422 e. The van der Waals surface area contributed by atoms with Crippen LogP contribution in [0.1, 0.15) is 26.5 Å². The number of hydrogen-bond acceptors (Lipinski definition) is 5. The van der Waals surface area contributed by atoms with Crippen LogP contribution in [0, 0.1) is 6.92 Å². The topological polar surface area (TPSA) is 76.7 Å². The molecule has 1 heterocycles. The molecule has 2 N–H and O–H groups in total. The van der Waals surface area contributed by atoms with Crippen molar-refractivity contribution in [2.45, 2.75) is 25.9 Å². The van der Waals surface area contributed by atoms with Gasteiger partial charge in [0.15, 0.2) is 18.1 Å². The molecular weight excluding hydrogens is 397 g/mol. The minimum atomic E-state index is -4.45. The average Bonchev–Trinajstić information content (AvgIpc) is 3.08. The van der Waals surface area contributed by atoms with Gasteiger partial charge in [-0.1, -0.05) is 6.07 Å². The number of carbonyl (C=O) groups excluding carboxylic acids is 2. The smallest absolute Gasteiger partial charge is 0.422 e. The fourth-order valence-electron chi connectivity index (χ4n) is 2.21. The number of amides is 2. The molecule has 0 bridgehead atoms. The van der Waals surface area contributed by atoms with Crippen LogP contribution in [-0.4, -0.2) is 31.7 Å². The van der Waals surface area contributed by atoms with Gasteiger partial charge in [-0.25, -0.2) is 0 Å². The third kappa shape index (κ3) is 6.76. The zero-order valence-electron chi connectivity index (χ0n) is 15.2. The molecule has 152 valence electrons. The maximum atomic E-state index is 12.3. The minimum absolute atomic E-state index is 0.0356. The van der Waals surface area contributed by atoms with Gasteiger partial charge in [0.2, 0.25) is 5.91 Å². The second kappa shape index (κ2) is 9.45. The number of nitrogens with one attached hydrogen (secondary N) is 2. The Labute approximate surface area is 163 Å². The number of alkyl halides is 3. The Hall–Kier alpha value is -2.75. The summed E-state index contributed by atoms with van der Waals surface area (Å²) in [6, 6.07) is 7.88. The SMILES string of the molecule is COc1cc(CCC(=O)NNC(=O)c2ccc(C)s2)ccc1OCC(F)(F)F. The predicted octanol–water partition coefficient (Wildman–Crippen LogP) is 3.40. The van der Waals surface area contributed by atoms with E-state index in [2.05, 4.69) is 10.9 Å². The Morgan fingerprint density at radius 2 is 1.86 bits per heavy atom. The molecule has 0 saturated carbocycles. The first kappa shape index (κ1) is 21.5. The molecule has 0 spiro atoms. The van der Waals surface area contributed by atoms with E-state index < -0.39 is 24.6 Å². The zero-order valence-corrected chi connectivity index (χ0v) is 16.0. The second-order valence-corrected chi connectivity index (χ2v) is 7.09. The van der Waals surface area contributed by atoms with E-state index in [1.165, 1.54) is 30.6 Å². The molecule has 2 aromatic rings. The number of carbonyl (C=O) groups is 2. The Morgan fingerprint density at radius 3 is 2.46 bits per heavy atom. The Balaban J connectivity index is 1.84. The van der Waals surface area contributed by atoms with Crippen molar-refractivity contribution >= 4 is 23.2 Å². The summed E-state index contributed by atoms with van der Waals surface area (Å²) in [5, 5.41) is 0. The number of hydrogen-bond donors (Lipinski definition) is 2. The number of methoxy groups -OCH3 is 1. The molecule has 0 unspecified atom stereocenters. The van der Waals surface area contributed by atoms with Gasteiger partial charge in [-0.3, -0.25) is 20.4 Å². The Bertz CT molecular complexity index is 836. The molecule has 1 aromatic heterocycles. The zero-order chi connectivity index (χ0) is 20.7. The Morgan fingerprint density at radius 1 is 1.11 bits per heavy atom. The highest BCUT2D eigenvalue weighted by atomic mass is 32.1. The highest BCUT2D eigenvalue weighted by Crippen LogP contribution is 2.30. The number of benzene rings is 1. The van der Waals surface area contributed by atoms with Crippen LogP contribution in [0.2, 0.25) is 0 Å². The van der Waals surface area contributed by atoms with E-state index in [0.29, 0.717) is 16.9 Å².